The molecule has 0 aliphatic rings. The van der Waals surface area contributed by atoms with E-state index < -0.39 is 5.92 Å². The number of nitrogens with one attached hydrogen (secondary N) is 1. The van der Waals surface area contributed by atoms with E-state index in [9.17, 15) is 4.79 Å². The summed E-state index contributed by atoms with van der Waals surface area (Å²) in [7, 11) is 1.62. The molecule has 2 rings (SSSR count). The van der Waals surface area contributed by atoms with Crippen LogP contribution in [-0.4, -0.2) is 31.2 Å². The lowest BCUT2D eigenvalue weighted by molar-refractivity contribution is -0.117. The highest BCUT2D eigenvalue weighted by molar-refractivity contribution is 8.10. The lowest BCUT2D eigenvalue weighted by Gasteiger charge is -2.14. The quantitative estimate of drug-likeness (QED) is 0.515. The van der Waals surface area contributed by atoms with Gasteiger partial charge in [0.1, 0.15) is 18.3 Å². The van der Waals surface area contributed by atoms with Crippen LogP contribution in [0.2, 0.25) is 0 Å². The van der Waals surface area contributed by atoms with Crippen molar-refractivity contribution in [3.05, 3.63) is 47.5 Å². The number of allylic oxidation sites excluding steroid dienone is 2. The number of carbonyl (C=O) groups excluding carboxylic acids is 1. The topological polar surface area (TPSA) is 84.2 Å². The minimum absolute atomic E-state index is 0.349. The van der Waals surface area contributed by atoms with E-state index in [0.29, 0.717) is 24.7 Å². The van der Waals surface area contributed by atoms with Crippen LogP contribution in [0.25, 0.3) is 15.8 Å². The van der Waals surface area contributed by atoms with E-state index in [0.717, 1.165) is 27.9 Å². The number of thioether (sulfide) groups is 1. The van der Waals surface area contributed by atoms with Gasteiger partial charge in [0.25, 0.3) is 0 Å². The van der Waals surface area contributed by atoms with E-state index in [1.165, 1.54) is 0 Å². The summed E-state index contributed by atoms with van der Waals surface area (Å²) in [6, 6.07) is 9.28. The normalized spacial score (nSPS) is 12.7. The van der Waals surface area contributed by atoms with Crippen molar-refractivity contribution in [2.45, 2.75) is 27.2 Å². The Morgan fingerprint density at radius 3 is 2.83 bits per heavy atom. The Bertz CT molecular complexity index is 980. The zero-order valence-electron chi connectivity index (χ0n) is 17.8. The number of pyridine rings is 1. The third-order valence-electron chi connectivity index (χ3n) is 4.21. The molecule has 1 heterocycles. The Morgan fingerprint density at radius 2 is 2.17 bits per heavy atom. The number of hydrogen-bond acceptors (Lipinski definition) is 6. The van der Waals surface area contributed by atoms with Crippen LogP contribution in [0.15, 0.2) is 41.8 Å². The van der Waals surface area contributed by atoms with Crippen molar-refractivity contribution in [3.8, 4) is 11.8 Å². The third-order valence-corrected chi connectivity index (χ3v) is 5.24. The summed E-state index contributed by atoms with van der Waals surface area (Å²) in [6.45, 7) is 6.49. The van der Waals surface area contributed by atoms with Gasteiger partial charge >= 0.3 is 0 Å². The molecule has 2 aromatic rings. The van der Waals surface area contributed by atoms with Crippen LogP contribution in [0.1, 0.15) is 32.9 Å². The second kappa shape index (κ2) is 12.0. The molecule has 1 unspecified atom stereocenters. The van der Waals surface area contributed by atoms with Crippen LogP contribution in [-0.2, 0) is 9.53 Å². The van der Waals surface area contributed by atoms with Crippen LogP contribution in [0.4, 0.5) is 5.69 Å². The fourth-order valence-electron chi connectivity index (χ4n) is 2.56. The predicted octanol–water partition coefficient (Wildman–Crippen LogP) is 5.38. The molecule has 0 saturated carbocycles. The molecular weight excluding hydrogens is 398 g/mol. The molecule has 0 fully saturated rings. The summed E-state index contributed by atoms with van der Waals surface area (Å²) < 4.78 is 11.1. The maximum absolute atomic E-state index is 12.1. The number of benzene rings is 1. The molecule has 0 radical (unpaired) electrons. The fourth-order valence-corrected chi connectivity index (χ4v) is 3.35. The molecule has 0 bridgehead atoms. The molecule has 1 N–H and O–H groups in total. The summed E-state index contributed by atoms with van der Waals surface area (Å²) in [5.41, 5.74) is 2.16. The number of nitrogens with zero attached hydrogens (tertiary/aromatic N) is 2. The minimum Gasteiger partial charge on any atom is -0.490 e. The predicted molar refractivity (Wildman–Crippen MR) is 123 cm³/mol. The van der Waals surface area contributed by atoms with Gasteiger partial charge in [0.05, 0.1) is 23.9 Å². The molecule has 1 aromatic carbocycles. The number of ether oxygens (including phenoxy) is 2. The number of hydrogen-bond donors (Lipinski definition) is 1. The van der Waals surface area contributed by atoms with Crippen molar-refractivity contribution in [1.29, 1.82) is 5.26 Å². The number of aromatic nitrogens is 1. The standard InChI is InChI=1S/C23H27N3O3S/c1-5-7-12-30-22(6-2)20-14-21(29-11-10-28-4)18-13-17(8-9-19(18)26-20)25-23(27)16(3)15-24/h6-9,12-14,16H,5,10-11H2,1-4H3,(H,25,27)/b12-7-,22-6-. The largest absolute Gasteiger partial charge is 0.490 e. The summed E-state index contributed by atoms with van der Waals surface area (Å²) >= 11 is 1.61. The maximum Gasteiger partial charge on any atom is 0.241 e. The fraction of sp³-hybridized carbons (Fsp3) is 0.348. The first-order valence-electron chi connectivity index (χ1n) is 9.79. The SMILES string of the molecule is C/C=C(\S/C=C\CC)c1cc(OCCOC)c2cc(NC(=O)C(C)C#N)ccc2n1. The summed E-state index contributed by atoms with van der Waals surface area (Å²) in [4.78, 5) is 17.9. The van der Waals surface area contributed by atoms with Gasteiger partial charge in [0.2, 0.25) is 5.91 Å². The van der Waals surface area contributed by atoms with Crippen LogP contribution >= 0.6 is 11.8 Å². The Balaban J connectivity index is 2.45. The Morgan fingerprint density at radius 1 is 1.37 bits per heavy atom. The highest BCUT2D eigenvalue weighted by Crippen LogP contribution is 2.34. The van der Waals surface area contributed by atoms with Crippen molar-refractivity contribution in [1.82, 2.24) is 4.98 Å². The average molecular weight is 426 g/mol. The number of fused-ring (bicyclic) bond motifs is 1. The zero-order chi connectivity index (χ0) is 21.9. The first-order chi connectivity index (χ1) is 14.5. The molecule has 0 aliphatic heterocycles. The third kappa shape index (κ3) is 6.34. The van der Waals surface area contributed by atoms with Gasteiger partial charge in [-0.2, -0.15) is 5.26 Å². The molecule has 0 saturated heterocycles. The first-order valence-corrected chi connectivity index (χ1v) is 10.7. The lowest BCUT2D eigenvalue weighted by Crippen LogP contribution is -2.18. The van der Waals surface area contributed by atoms with Crippen LogP contribution < -0.4 is 10.1 Å². The monoisotopic (exact) mass is 425 g/mol. The number of carbonyl (C=O) groups is 1. The van der Waals surface area contributed by atoms with Crippen molar-refractivity contribution in [3.63, 3.8) is 0 Å². The number of rotatable bonds is 10. The summed E-state index contributed by atoms with van der Waals surface area (Å²) in [5.74, 6) is -0.418. The summed E-state index contributed by atoms with van der Waals surface area (Å²) in [5, 5.41) is 14.5. The Hall–Kier alpha value is -2.82. The van der Waals surface area contributed by atoms with Crippen molar-refractivity contribution < 1.29 is 14.3 Å². The Labute approximate surface area is 182 Å². The highest BCUT2D eigenvalue weighted by Gasteiger charge is 2.14. The van der Waals surface area contributed by atoms with Gasteiger partial charge in [0, 0.05) is 29.2 Å². The maximum atomic E-state index is 12.1. The van der Waals surface area contributed by atoms with Gasteiger partial charge in [-0.1, -0.05) is 30.8 Å². The second-order valence-electron chi connectivity index (χ2n) is 6.47. The highest BCUT2D eigenvalue weighted by atomic mass is 32.2. The summed E-state index contributed by atoms with van der Waals surface area (Å²) in [6.07, 6.45) is 5.09. The van der Waals surface area contributed by atoms with Gasteiger partial charge in [-0.25, -0.2) is 4.98 Å². The zero-order valence-corrected chi connectivity index (χ0v) is 18.6. The van der Waals surface area contributed by atoms with Gasteiger partial charge in [-0.05, 0) is 43.9 Å². The number of anilines is 1. The average Bonchev–Trinajstić information content (AvgIpc) is 2.76. The van der Waals surface area contributed by atoms with Gasteiger partial charge in [-0.15, -0.1) is 0 Å². The molecule has 158 valence electrons. The van der Waals surface area contributed by atoms with E-state index in [-0.39, 0.29) is 5.91 Å². The van der Waals surface area contributed by atoms with Crippen molar-refractivity contribution >= 4 is 39.2 Å². The lowest BCUT2D eigenvalue weighted by atomic mass is 10.1. The van der Waals surface area contributed by atoms with E-state index >= 15 is 0 Å². The molecule has 0 spiro atoms. The van der Waals surface area contributed by atoms with Crippen molar-refractivity contribution in [2.75, 3.05) is 25.6 Å². The molecule has 1 aromatic heterocycles. The van der Waals surface area contributed by atoms with E-state index in [1.807, 2.05) is 37.3 Å². The van der Waals surface area contributed by atoms with E-state index in [4.69, 9.17) is 19.7 Å². The van der Waals surface area contributed by atoms with Crippen LogP contribution in [0.5, 0.6) is 5.75 Å². The Kier molecular flexibility index (Phi) is 9.39. The number of nitriles is 1. The smallest absolute Gasteiger partial charge is 0.241 e. The second-order valence-corrected chi connectivity index (χ2v) is 7.42. The van der Waals surface area contributed by atoms with Crippen LogP contribution in [0, 0.1) is 17.2 Å². The molecule has 1 atom stereocenters. The van der Waals surface area contributed by atoms with Gasteiger partial charge < -0.3 is 14.8 Å². The van der Waals surface area contributed by atoms with E-state index in [2.05, 4.69) is 23.7 Å². The van der Waals surface area contributed by atoms with Gasteiger partial charge in [-0.3, -0.25) is 4.79 Å². The molecule has 6 nitrogen and oxygen atoms in total. The molecular formula is C23H27N3O3S. The first kappa shape index (κ1) is 23.5. The molecule has 1 amide bonds. The van der Waals surface area contributed by atoms with Crippen molar-refractivity contribution in [2.24, 2.45) is 5.92 Å². The van der Waals surface area contributed by atoms with Gasteiger partial charge in [0.15, 0.2) is 0 Å². The minimum atomic E-state index is -0.732. The number of methoxy groups -OCH3 is 1. The van der Waals surface area contributed by atoms with E-state index in [1.54, 1.807) is 31.9 Å². The number of amides is 1. The van der Waals surface area contributed by atoms with Crippen LogP contribution in [0.3, 0.4) is 0 Å². The molecule has 7 heteroatoms. The molecule has 30 heavy (non-hydrogen) atoms. The molecule has 0 aliphatic carbocycles.